The normalized spacial score (nSPS) is 13.3. The molecular weight excluding hydrogens is 872 g/mol. The van der Waals surface area contributed by atoms with Crippen LogP contribution < -0.4 is 4.74 Å². The van der Waals surface area contributed by atoms with E-state index in [0.717, 1.165) is 9.64 Å². The maximum Gasteiger partial charge on any atom is 0.432 e. The minimum atomic E-state index is -6.88. The maximum atomic E-state index is 13.9. The van der Waals surface area contributed by atoms with Crippen molar-refractivity contribution in [2.75, 3.05) is 0 Å². The molecule has 3 aromatic carbocycles. The Kier molecular flexibility index (Phi) is 8.97. The van der Waals surface area contributed by atoms with E-state index in [2.05, 4.69) is 4.74 Å². The first-order chi connectivity index (χ1) is 16.9. The van der Waals surface area contributed by atoms with Crippen LogP contribution in [0.1, 0.15) is 20.7 Å². The number of rotatable bonds is 6. The molecule has 0 amide bonds. The smallest absolute Gasteiger partial charge is 0.432 e. The molecule has 0 N–H and O–H groups in total. The van der Waals surface area contributed by atoms with E-state index in [1.165, 1.54) is 30.3 Å². The monoisotopic (exact) mass is 881 g/mol. The summed E-state index contributed by atoms with van der Waals surface area (Å²) in [5.74, 6) is -2.90. The molecule has 37 heavy (non-hydrogen) atoms. The van der Waals surface area contributed by atoms with Crippen LogP contribution in [-0.2, 0) is 14.9 Å². The Morgan fingerprint density at radius 3 is 1.81 bits per heavy atom. The quantitative estimate of drug-likeness (QED) is 0.0969. The second-order valence-corrected chi connectivity index (χ2v) is 12.2. The number of fused-ring (bicyclic) bond motifs is 1. The zero-order chi connectivity index (χ0) is 27.9. The third kappa shape index (κ3) is 6.44. The van der Waals surface area contributed by atoms with Crippen molar-refractivity contribution in [1.82, 2.24) is 0 Å². The number of carbonyl (C=O) groups excluding carboxylic acids is 2. The Balaban J connectivity index is 2.10. The van der Waals surface area contributed by atoms with Gasteiger partial charge in [0.2, 0.25) is 0 Å². The van der Waals surface area contributed by atoms with Crippen LogP contribution in [0, 0.1) is 10.7 Å². The molecule has 3 aromatic rings. The third-order valence-corrected chi connectivity index (χ3v) is 7.77. The van der Waals surface area contributed by atoms with Crippen LogP contribution >= 0.6 is 67.8 Å². The van der Waals surface area contributed by atoms with Crippen LogP contribution in [0.3, 0.4) is 0 Å². The highest BCUT2D eigenvalue weighted by atomic mass is 127. The number of hydrogen-bond donors (Lipinski definition) is 0. The van der Waals surface area contributed by atoms with E-state index in [1.807, 2.05) is 67.8 Å². The van der Waals surface area contributed by atoms with Crippen LogP contribution in [0.4, 0.5) is 22.0 Å². The summed E-state index contributed by atoms with van der Waals surface area (Å²) >= 11 is 5.89. The van der Waals surface area contributed by atoms with Crippen molar-refractivity contribution in [2.24, 2.45) is 0 Å². The second kappa shape index (κ2) is 11.0. The first-order valence-corrected chi connectivity index (χ1v) is 14.1. The van der Waals surface area contributed by atoms with Crippen LogP contribution in [0.25, 0.3) is 10.8 Å². The standard InChI is InChI=1S/C21H10F5I3O7S/c22-20(23,24)19(21(25,26)37(32,33)34)36-18(31)12-6-2-4-9-3-1-5-11(15(9)12)17(30)35-16-13(28)7-10(27)8-14(16)29/h1-8,19H,(H,32,33,34)/p-1. The molecule has 1 unspecified atom stereocenters. The largest absolute Gasteiger partial charge is 0.743 e. The molecule has 0 radical (unpaired) electrons. The fourth-order valence-corrected chi connectivity index (χ4v) is 7.33. The zero-order valence-electron chi connectivity index (χ0n) is 17.5. The number of carbonyl (C=O) groups is 2. The lowest BCUT2D eigenvalue weighted by atomic mass is 9.99. The summed E-state index contributed by atoms with van der Waals surface area (Å²) in [4.78, 5) is 25.7. The molecule has 0 bridgehead atoms. The van der Waals surface area contributed by atoms with Gasteiger partial charge in [-0.25, -0.2) is 18.0 Å². The van der Waals surface area contributed by atoms with Crippen molar-refractivity contribution >= 4 is 101 Å². The van der Waals surface area contributed by atoms with Gasteiger partial charge in [-0.15, -0.1) is 0 Å². The summed E-state index contributed by atoms with van der Waals surface area (Å²) in [6.45, 7) is 0. The van der Waals surface area contributed by atoms with Crippen LogP contribution in [0.15, 0.2) is 48.5 Å². The Labute approximate surface area is 246 Å². The van der Waals surface area contributed by atoms with Gasteiger partial charge in [-0.05, 0) is 97.4 Å². The number of hydrogen-bond acceptors (Lipinski definition) is 7. The average Bonchev–Trinajstić information content (AvgIpc) is 2.77. The molecule has 0 fully saturated rings. The number of esters is 2. The summed E-state index contributed by atoms with van der Waals surface area (Å²) in [5.41, 5.74) is -1.09. The fourth-order valence-electron chi connectivity index (χ4n) is 3.08. The van der Waals surface area contributed by atoms with Gasteiger partial charge in [-0.1, -0.05) is 24.3 Å². The SMILES string of the molecule is O=C(Oc1c(I)cc(I)cc1I)c1cccc2cccc(C(=O)OC(C(F)(F)F)C(F)(F)S(=O)(=O)[O-])c12. The highest BCUT2D eigenvalue weighted by molar-refractivity contribution is 14.1. The topological polar surface area (TPSA) is 110 Å². The van der Waals surface area contributed by atoms with Gasteiger partial charge in [0, 0.05) is 8.96 Å². The molecule has 1 atom stereocenters. The van der Waals surface area contributed by atoms with Crippen molar-refractivity contribution in [2.45, 2.75) is 17.5 Å². The van der Waals surface area contributed by atoms with E-state index in [1.54, 1.807) is 12.1 Å². The predicted octanol–water partition coefficient (Wildman–Crippen LogP) is 6.10. The van der Waals surface area contributed by atoms with Gasteiger partial charge >= 0.3 is 23.4 Å². The molecule has 7 nitrogen and oxygen atoms in total. The zero-order valence-corrected chi connectivity index (χ0v) is 24.8. The Morgan fingerprint density at radius 1 is 0.865 bits per heavy atom. The molecule has 0 spiro atoms. The van der Waals surface area contributed by atoms with Crippen molar-refractivity contribution in [1.29, 1.82) is 0 Å². The van der Waals surface area contributed by atoms with E-state index in [-0.39, 0.29) is 22.1 Å². The molecule has 0 saturated heterocycles. The highest BCUT2D eigenvalue weighted by Gasteiger charge is 2.63. The van der Waals surface area contributed by atoms with Gasteiger partial charge in [0.05, 0.1) is 18.3 Å². The van der Waals surface area contributed by atoms with Gasteiger partial charge in [-0.3, -0.25) is 0 Å². The van der Waals surface area contributed by atoms with Crippen LogP contribution in [-0.4, -0.2) is 42.4 Å². The molecule has 0 aliphatic rings. The Morgan fingerprint density at radius 2 is 1.35 bits per heavy atom. The maximum absolute atomic E-state index is 13.9. The van der Waals surface area contributed by atoms with E-state index in [9.17, 15) is 44.5 Å². The number of benzene rings is 3. The van der Waals surface area contributed by atoms with Crippen molar-refractivity contribution in [3.8, 4) is 5.75 Å². The second-order valence-electron chi connectivity index (χ2n) is 7.14. The van der Waals surface area contributed by atoms with Crippen LogP contribution in [0.2, 0.25) is 0 Å². The van der Waals surface area contributed by atoms with Crippen molar-refractivity contribution in [3.63, 3.8) is 0 Å². The summed E-state index contributed by atoms with van der Waals surface area (Å²) in [5, 5.41) is -6.20. The minimum absolute atomic E-state index is 0.127. The molecule has 0 aromatic heterocycles. The van der Waals surface area contributed by atoms with E-state index in [4.69, 9.17) is 4.74 Å². The van der Waals surface area contributed by atoms with Gasteiger partial charge in [0.1, 0.15) is 0 Å². The van der Waals surface area contributed by atoms with E-state index >= 15 is 0 Å². The molecule has 0 aliphatic heterocycles. The highest BCUT2D eigenvalue weighted by Crippen LogP contribution is 2.39. The van der Waals surface area contributed by atoms with Crippen molar-refractivity contribution < 1.29 is 54.0 Å². The average molecular weight is 881 g/mol. The van der Waals surface area contributed by atoms with E-state index in [0.29, 0.717) is 7.14 Å². The lowest BCUT2D eigenvalue weighted by Gasteiger charge is -2.29. The molecule has 0 aliphatic carbocycles. The van der Waals surface area contributed by atoms with Gasteiger partial charge in [-0.2, -0.15) is 22.0 Å². The fraction of sp³-hybridized carbons (Fsp3) is 0.143. The molecule has 0 heterocycles. The Bertz CT molecular complexity index is 1480. The minimum Gasteiger partial charge on any atom is -0.743 e. The summed E-state index contributed by atoms with van der Waals surface area (Å²) in [7, 11) is -6.88. The van der Waals surface area contributed by atoms with Gasteiger partial charge in [0.15, 0.2) is 15.9 Å². The summed E-state index contributed by atoms with van der Waals surface area (Å²) in [6, 6.07) is 10.8. The predicted molar refractivity (Wildman–Crippen MR) is 143 cm³/mol. The lowest BCUT2D eigenvalue weighted by Crippen LogP contribution is -2.52. The first kappa shape index (κ1) is 30.2. The van der Waals surface area contributed by atoms with Gasteiger partial charge < -0.3 is 14.0 Å². The third-order valence-electron chi connectivity index (χ3n) is 4.66. The van der Waals surface area contributed by atoms with E-state index < -0.39 is 45.2 Å². The van der Waals surface area contributed by atoms with Crippen molar-refractivity contribution in [3.05, 3.63) is 70.4 Å². The van der Waals surface area contributed by atoms with Crippen LogP contribution in [0.5, 0.6) is 5.75 Å². The number of alkyl halides is 5. The Hall–Kier alpha value is -1.39. The molecule has 16 heteroatoms. The number of halogens is 8. The number of ether oxygens (including phenoxy) is 2. The molecule has 3 rings (SSSR count). The molecule has 0 saturated carbocycles. The lowest BCUT2D eigenvalue weighted by molar-refractivity contribution is -0.248. The van der Waals surface area contributed by atoms with Gasteiger partial charge in [0.25, 0.3) is 6.10 Å². The summed E-state index contributed by atoms with van der Waals surface area (Å²) < 4.78 is 111. The first-order valence-electron chi connectivity index (χ1n) is 9.44. The summed E-state index contributed by atoms with van der Waals surface area (Å²) in [6.07, 6.45) is -10.7. The molecular formula is C21H9F5I3O7S-. The molecule has 198 valence electrons.